The van der Waals surface area contributed by atoms with Gasteiger partial charge in [0.1, 0.15) is 6.54 Å². The molecular weight excluding hydrogens is 256 g/mol. The molecule has 2 heterocycles. The van der Waals surface area contributed by atoms with Crippen molar-refractivity contribution < 1.29 is 0 Å². The van der Waals surface area contributed by atoms with Gasteiger partial charge in [-0.05, 0) is 29.3 Å². The van der Waals surface area contributed by atoms with Gasteiger partial charge < -0.3 is 0 Å². The summed E-state index contributed by atoms with van der Waals surface area (Å²) in [6.45, 7) is 0.299. The zero-order chi connectivity index (χ0) is 13.5. The smallest absolute Gasteiger partial charge is 0.267 e. The van der Waals surface area contributed by atoms with E-state index in [0.29, 0.717) is 23.8 Å². The van der Waals surface area contributed by atoms with Gasteiger partial charge in [-0.3, -0.25) is 4.79 Å². The number of hydrogen-bond acceptors (Lipinski definition) is 5. The maximum atomic E-state index is 12.4. The van der Waals surface area contributed by atoms with Crippen molar-refractivity contribution in [3.63, 3.8) is 0 Å². The summed E-state index contributed by atoms with van der Waals surface area (Å²) in [5.74, 6) is 0.678. The summed E-state index contributed by atoms with van der Waals surface area (Å²) in [5, 5.41) is 17.4. The predicted octanol–water partition coefficient (Wildman–Crippen LogP) is 0.766. The van der Waals surface area contributed by atoms with Crippen LogP contribution in [-0.4, -0.2) is 30.0 Å². The maximum Gasteiger partial charge on any atom is 0.275 e. The summed E-state index contributed by atoms with van der Waals surface area (Å²) in [4.78, 5) is 12.4. The predicted molar refractivity (Wildman–Crippen MR) is 71.2 cm³/mol. The maximum absolute atomic E-state index is 12.4. The first-order valence-electron chi connectivity index (χ1n) is 6.54. The summed E-state index contributed by atoms with van der Waals surface area (Å²) < 4.78 is 3.20. The van der Waals surface area contributed by atoms with Gasteiger partial charge in [-0.25, -0.2) is 9.36 Å². The van der Waals surface area contributed by atoms with Crippen LogP contribution in [0, 0.1) is 0 Å². The van der Waals surface area contributed by atoms with Crippen molar-refractivity contribution in [3.8, 4) is 0 Å². The van der Waals surface area contributed by atoms with E-state index in [9.17, 15) is 4.79 Å². The monoisotopic (exact) mass is 268 g/mol. The van der Waals surface area contributed by atoms with E-state index < -0.39 is 0 Å². The van der Waals surface area contributed by atoms with Gasteiger partial charge in [-0.1, -0.05) is 18.2 Å². The van der Waals surface area contributed by atoms with Crippen LogP contribution in [0.4, 0.5) is 0 Å². The van der Waals surface area contributed by atoms with Crippen LogP contribution in [0.25, 0.3) is 10.8 Å². The molecule has 2 aromatic heterocycles. The number of fused-ring (bicyclic) bond motifs is 1. The minimum absolute atomic E-state index is 0.117. The first kappa shape index (κ1) is 11.3. The molecule has 7 nitrogen and oxygen atoms in total. The van der Waals surface area contributed by atoms with E-state index in [0.717, 1.165) is 18.2 Å². The van der Waals surface area contributed by atoms with E-state index in [2.05, 4.69) is 20.6 Å². The van der Waals surface area contributed by atoms with Crippen LogP contribution in [0.5, 0.6) is 0 Å². The minimum atomic E-state index is -0.117. The first-order valence-corrected chi connectivity index (χ1v) is 6.54. The van der Waals surface area contributed by atoms with Crippen LogP contribution in [0.1, 0.15) is 24.7 Å². The Morgan fingerprint density at radius 3 is 2.95 bits per heavy atom. The molecule has 0 atom stereocenters. The Labute approximate surface area is 113 Å². The molecule has 1 saturated carbocycles. The average molecular weight is 268 g/mol. The second-order valence-corrected chi connectivity index (χ2v) is 4.97. The number of tetrazole rings is 1. The Bertz CT molecular complexity index is 832. The molecule has 0 N–H and O–H groups in total. The minimum Gasteiger partial charge on any atom is -0.267 e. The van der Waals surface area contributed by atoms with E-state index in [-0.39, 0.29) is 5.56 Å². The topological polar surface area (TPSA) is 78.5 Å². The third-order valence-electron chi connectivity index (χ3n) is 3.51. The second kappa shape index (κ2) is 4.22. The van der Waals surface area contributed by atoms with Crippen LogP contribution in [0.15, 0.2) is 35.3 Å². The van der Waals surface area contributed by atoms with Crippen molar-refractivity contribution in [1.29, 1.82) is 0 Å². The van der Waals surface area contributed by atoms with Crippen LogP contribution in [0.2, 0.25) is 0 Å². The SMILES string of the molecule is O=c1c2ccccc2cnn1Cc1nnnn1C1CC1. The van der Waals surface area contributed by atoms with Gasteiger partial charge in [-0.15, -0.1) is 5.10 Å². The van der Waals surface area contributed by atoms with Gasteiger partial charge in [0.15, 0.2) is 5.82 Å². The second-order valence-electron chi connectivity index (χ2n) is 4.97. The van der Waals surface area contributed by atoms with Crippen LogP contribution in [-0.2, 0) is 6.54 Å². The lowest BCUT2D eigenvalue weighted by atomic mass is 10.2. The normalized spacial score (nSPS) is 14.8. The molecule has 0 radical (unpaired) electrons. The van der Waals surface area contributed by atoms with Crippen molar-refractivity contribution in [2.45, 2.75) is 25.4 Å². The quantitative estimate of drug-likeness (QED) is 0.701. The highest BCUT2D eigenvalue weighted by Gasteiger charge is 2.27. The molecule has 3 aromatic rings. The molecular formula is C13H12N6O. The third kappa shape index (κ3) is 1.78. The molecule has 0 spiro atoms. The van der Waals surface area contributed by atoms with Gasteiger partial charge in [0, 0.05) is 5.39 Å². The summed E-state index contributed by atoms with van der Waals surface area (Å²) >= 11 is 0. The fraction of sp³-hybridized carbons (Fsp3) is 0.308. The van der Waals surface area contributed by atoms with Crippen molar-refractivity contribution in [1.82, 2.24) is 30.0 Å². The molecule has 1 aliphatic carbocycles. The summed E-state index contributed by atoms with van der Waals surface area (Å²) in [6, 6.07) is 7.81. The molecule has 7 heteroatoms. The molecule has 20 heavy (non-hydrogen) atoms. The lowest BCUT2D eigenvalue weighted by Gasteiger charge is -2.06. The molecule has 4 rings (SSSR count). The van der Waals surface area contributed by atoms with Crippen molar-refractivity contribution in [2.75, 3.05) is 0 Å². The molecule has 0 unspecified atom stereocenters. The Morgan fingerprint density at radius 2 is 2.10 bits per heavy atom. The fourth-order valence-electron chi connectivity index (χ4n) is 2.29. The zero-order valence-electron chi connectivity index (χ0n) is 10.7. The molecule has 1 aromatic carbocycles. The largest absolute Gasteiger partial charge is 0.275 e. The van der Waals surface area contributed by atoms with Crippen LogP contribution in [0.3, 0.4) is 0 Å². The van der Waals surface area contributed by atoms with E-state index >= 15 is 0 Å². The number of aromatic nitrogens is 6. The number of benzene rings is 1. The van der Waals surface area contributed by atoms with Crippen LogP contribution >= 0.6 is 0 Å². The van der Waals surface area contributed by atoms with Gasteiger partial charge >= 0.3 is 0 Å². The Morgan fingerprint density at radius 1 is 1.25 bits per heavy atom. The standard InChI is InChI=1S/C13H12N6O/c20-13-11-4-2-1-3-9(11)7-14-18(13)8-12-15-16-17-19(12)10-5-6-10/h1-4,7,10H,5-6,8H2. The number of nitrogens with zero attached hydrogens (tertiary/aromatic N) is 6. The number of rotatable bonds is 3. The Hall–Kier alpha value is -2.57. The molecule has 0 aliphatic heterocycles. The van der Waals surface area contributed by atoms with E-state index in [1.54, 1.807) is 16.9 Å². The van der Waals surface area contributed by atoms with Gasteiger partial charge in [0.2, 0.25) is 0 Å². The lowest BCUT2D eigenvalue weighted by Crippen LogP contribution is -2.25. The molecule has 100 valence electrons. The fourth-order valence-corrected chi connectivity index (χ4v) is 2.29. The average Bonchev–Trinajstić information content (AvgIpc) is 3.22. The summed E-state index contributed by atoms with van der Waals surface area (Å²) in [7, 11) is 0. The molecule has 1 fully saturated rings. The third-order valence-corrected chi connectivity index (χ3v) is 3.51. The lowest BCUT2D eigenvalue weighted by molar-refractivity contribution is 0.540. The highest BCUT2D eigenvalue weighted by molar-refractivity contribution is 5.80. The zero-order valence-corrected chi connectivity index (χ0v) is 10.7. The van der Waals surface area contributed by atoms with Gasteiger partial charge in [0.05, 0.1) is 17.6 Å². The summed E-state index contributed by atoms with van der Waals surface area (Å²) in [5.41, 5.74) is -0.117. The van der Waals surface area contributed by atoms with Crippen molar-refractivity contribution >= 4 is 10.8 Å². The van der Waals surface area contributed by atoms with Crippen molar-refractivity contribution in [3.05, 3.63) is 46.6 Å². The van der Waals surface area contributed by atoms with Gasteiger partial charge in [0.25, 0.3) is 5.56 Å². The number of hydrogen-bond donors (Lipinski definition) is 0. The van der Waals surface area contributed by atoms with E-state index in [4.69, 9.17) is 0 Å². The van der Waals surface area contributed by atoms with Crippen molar-refractivity contribution in [2.24, 2.45) is 0 Å². The molecule has 1 aliphatic rings. The summed E-state index contributed by atoms with van der Waals surface area (Å²) in [6.07, 6.45) is 3.89. The van der Waals surface area contributed by atoms with E-state index in [1.807, 2.05) is 18.2 Å². The molecule has 0 amide bonds. The highest BCUT2D eigenvalue weighted by Crippen LogP contribution is 2.34. The molecule has 0 saturated heterocycles. The van der Waals surface area contributed by atoms with Gasteiger partial charge in [-0.2, -0.15) is 5.10 Å². The Kier molecular flexibility index (Phi) is 2.38. The van der Waals surface area contributed by atoms with E-state index in [1.165, 1.54) is 4.68 Å². The first-order chi connectivity index (χ1) is 9.83. The highest BCUT2D eigenvalue weighted by atomic mass is 16.1. The van der Waals surface area contributed by atoms with Crippen LogP contribution < -0.4 is 5.56 Å². The Balaban J connectivity index is 1.77. The molecule has 0 bridgehead atoms.